The number of carbonyl (C=O) groups excluding carboxylic acids is 2. The van der Waals surface area contributed by atoms with E-state index in [1.165, 1.54) is 89.9 Å². The molecule has 0 fully saturated rings. The first-order chi connectivity index (χ1) is 14.1. The number of nitrogens with one attached hydrogen (secondary N) is 1. The summed E-state index contributed by atoms with van der Waals surface area (Å²) >= 11 is 0. The topological polar surface area (TPSA) is 55.4 Å². The SMILES string of the molecule is CCCCCCCCCCCCCCCCCCOC(=O)CCNC(=O)C(C)C. The van der Waals surface area contributed by atoms with Gasteiger partial charge in [0.05, 0.1) is 13.0 Å². The van der Waals surface area contributed by atoms with Gasteiger partial charge in [0, 0.05) is 12.5 Å². The highest BCUT2D eigenvalue weighted by atomic mass is 16.5. The Bertz CT molecular complexity index is 382. The molecule has 0 unspecified atom stereocenters. The molecule has 0 saturated heterocycles. The van der Waals surface area contributed by atoms with Crippen molar-refractivity contribution in [2.45, 2.75) is 130 Å². The second kappa shape index (κ2) is 21.6. The van der Waals surface area contributed by atoms with Crippen LogP contribution in [0.3, 0.4) is 0 Å². The molecule has 4 nitrogen and oxygen atoms in total. The van der Waals surface area contributed by atoms with Crippen LogP contribution in [0.4, 0.5) is 0 Å². The number of amides is 1. The van der Waals surface area contributed by atoms with E-state index in [-0.39, 0.29) is 24.2 Å². The zero-order valence-corrected chi connectivity index (χ0v) is 19.7. The summed E-state index contributed by atoms with van der Waals surface area (Å²) in [5, 5.41) is 2.73. The van der Waals surface area contributed by atoms with E-state index in [9.17, 15) is 9.59 Å². The standard InChI is InChI=1S/C25H49NO3/c1-4-5-6-7-8-9-10-11-12-13-14-15-16-17-18-19-22-29-24(27)20-21-26-25(28)23(2)3/h23H,4-22H2,1-3H3,(H,26,28). The molecule has 0 aromatic heterocycles. The van der Waals surface area contributed by atoms with Crippen LogP contribution in [0.1, 0.15) is 130 Å². The maximum atomic E-state index is 11.6. The lowest BCUT2D eigenvalue weighted by Crippen LogP contribution is -2.30. The molecule has 4 heteroatoms. The number of hydrogen-bond acceptors (Lipinski definition) is 3. The Kier molecular flexibility index (Phi) is 20.9. The van der Waals surface area contributed by atoms with E-state index < -0.39 is 0 Å². The van der Waals surface area contributed by atoms with Crippen molar-refractivity contribution < 1.29 is 14.3 Å². The molecule has 0 aliphatic carbocycles. The summed E-state index contributed by atoms with van der Waals surface area (Å²) < 4.78 is 5.21. The maximum absolute atomic E-state index is 11.6. The van der Waals surface area contributed by atoms with Crippen LogP contribution in [0, 0.1) is 5.92 Å². The van der Waals surface area contributed by atoms with E-state index in [4.69, 9.17) is 4.74 Å². The van der Waals surface area contributed by atoms with Crippen LogP contribution in [-0.2, 0) is 14.3 Å². The molecule has 0 aliphatic rings. The summed E-state index contributed by atoms with van der Waals surface area (Å²) in [6.07, 6.45) is 21.7. The molecule has 0 spiro atoms. The van der Waals surface area contributed by atoms with Crippen molar-refractivity contribution in [1.29, 1.82) is 0 Å². The van der Waals surface area contributed by atoms with Gasteiger partial charge in [-0.25, -0.2) is 0 Å². The quantitative estimate of drug-likeness (QED) is 0.164. The molecular weight excluding hydrogens is 362 g/mol. The van der Waals surface area contributed by atoms with Crippen molar-refractivity contribution in [2.75, 3.05) is 13.2 Å². The van der Waals surface area contributed by atoms with Gasteiger partial charge in [-0.2, -0.15) is 0 Å². The van der Waals surface area contributed by atoms with Gasteiger partial charge in [0.15, 0.2) is 0 Å². The number of esters is 1. The molecule has 0 radical (unpaired) electrons. The van der Waals surface area contributed by atoms with Crippen LogP contribution in [0.25, 0.3) is 0 Å². The summed E-state index contributed by atoms with van der Waals surface area (Å²) in [5.41, 5.74) is 0. The lowest BCUT2D eigenvalue weighted by atomic mass is 10.0. The molecule has 0 atom stereocenters. The van der Waals surface area contributed by atoms with Gasteiger partial charge in [0.1, 0.15) is 0 Å². The molecular formula is C25H49NO3. The van der Waals surface area contributed by atoms with E-state index in [0.29, 0.717) is 13.2 Å². The maximum Gasteiger partial charge on any atom is 0.307 e. The van der Waals surface area contributed by atoms with E-state index in [1.54, 1.807) is 0 Å². The van der Waals surface area contributed by atoms with Crippen LogP contribution < -0.4 is 5.32 Å². The lowest BCUT2D eigenvalue weighted by Gasteiger charge is -2.08. The zero-order valence-electron chi connectivity index (χ0n) is 19.7. The number of unbranched alkanes of at least 4 members (excludes halogenated alkanes) is 15. The normalized spacial score (nSPS) is 11.0. The molecule has 0 aromatic carbocycles. The Morgan fingerprint density at radius 3 is 1.52 bits per heavy atom. The summed E-state index contributed by atoms with van der Waals surface area (Å²) in [7, 11) is 0. The Hall–Kier alpha value is -1.06. The van der Waals surface area contributed by atoms with Crippen LogP contribution in [0.15, 0.2) is 0 Å². The van der Waals surface area contributed by atoms with Gasteiger partial charge in [-0.05, 0) is 6.42 Å². The molecule has 0 saturated carbocycles. The van der Waals surface area contributed by atoms with Crippen molar-refractivity contribution >= 4 is 11.9 Å². The average Bonchev–Trinajstić information content (AvgIpc) is 2.70. The van der Waals surface area contributed by atoms with Crippen molar-refractivity contribution in [3.05, 3.63) is 0 Å². The van der Waals surface area contributed by atoms with Gasteiger partial charge >= 0.3 is 5.97 Å². The highest BCUT2D eigenvalue weighted by molar-refractivity contribution is 5.78. The fourth-order valence-electron chi connectivity index (χ4n) is 3.40. The van der Waals surface area contributed by atoms with Gasteiger partial charge in [-0.3, -0.25) is 9.59 Å². The van der Waals surface area contributed by atoms with Crippen molar-refractivity contribution in [2.24, 2.45) is 5.92 Å². The van der Waals surface area contributed by atoms with Crippen LogP contribution in [0.5, 0.6) is 0 Å². The van der Waals surface area contributed by atoms with Crippen molar-refractivity contribution in [1.82, 2.24) is 5.32 Å². The summed E-state index contributed by atoms with van der Waals surface area (Å²) in [6, 6.07) is 0. The second-order valence-corrected chi connectivity index (χ2v) is 8.72. The number of carbonyl (C=O) groups is 2. The van der Waals surface area contributed by atoms with Crippen molar-refractivity contribution in [3.63, 3.8) is 0 Å². The summed E-state index contributed by atoms with van der Waals surface area (Å²) in [5.74, 6) is -0.276. The molecule has 0 aromatic rings. The number of hydrogen-bond donors (Lipinski definition) is 1. The molecule has 0 bridgehead atoms. The minimum atomic E-state index is -0.213. The molecule has 1 N–H and O–H groups in total. The first-order valence-electron chi connectivity index (χ1n) is 12.5. The van der Waals surface area contributed by atoms with Crippen LogP contribution in [0.2, 0.25) is 0 Å². The largest absolute Gasteiger partial charge is 0.466 e. The number of rotatable bonds is 21. The van der Waals surface area contributed by atoms with Gasteiger partial charge in [0.25, 0.3) is 0 Å². The van der Waals surface area contributed by atoms with Crippen LogP contribution >= 0.6 is 0 Å². The van der Waals surface area contributed by atoms with Gasteiger partial charge in [-0.1, -0.05) is 117 Å². The summed E-state index contributed by atoms with van der Waals surface area (Å²) in [6.45, 7) is 6.83. The molecule has 1 amide bonds. The van der Waals surface area contributed by atoms with E-state index in [2.05, 4.69) is 12.2 Å². The third kappa shape index (κ3) is 21.5. The van der Waals surface area contributed by atoms with Gasteiger partial charge < -0.3 is 10.1 Å². The summed E-state index contributed by atoms with van der Waals surface area (Å²) in [4.78, 5) is 23.0. The Morgan fingerprint density at radius 2 is 1.10 bits per heavy atom. The fraction of sp³-hybridized carbons (Fsp3) is 0.920. The van der Waals surface area contributed by atoms with Crippen molar-refractivity contribution in [3.8, 4) is 0 Å². The first kappa shape index (κ1) is 27.9. The predicted octanol–water partition coefficient (Wildman–Crippen LogP) is 6.95. The first-order valence-corrected chi connectivity index (χ1v) is 12.5. The Labute approximate surface area is 180 Å². The third-order valence-electron chi connectivity index (χ3n) is 5.41. The predicted molar refractivity (Wildman–Crippen MR) is 123 cm³/mol. The molecule has 0 rings (SSSR count). The van der Waals surface area contributed by atoms with Crippen LogP contribution in [-0.4, -0.2) is 25.0 Å². The smallest absolute Gasteiger partial charge is 0.307 e. The lowest BCUT2D eigenvalue weighted by molar-refractivity contribution is -0.143. The average molecular weight is 412 g/mol. The third-order valence-corrected chi connectivity index (χ3v) is 5.41. The second-order valence-electron chi connectivity index (χ2n) is 8.72. The molecule has 29 heavy (non-hydrogen) atoms. The highest BCUT2D eigenvalue weighted by Crippen LogP contribution is 2.13. The number of ether oxygens (including phenoxy) is 1. The molecule has 0 heterocycles. The minimum Gasteiger partial charge on any atom is -0.466 e. The zero-order chi connectivity index (χ0) is 21.6. The van der Waals surface area contributed by atoms with E-state index in [1.807, 2.05) is 13.8 Å². The monoisotopic (exact) mass is 411 g/mol. The molecule has 0 aliphatic heterocycles. The van der Waals surface area contributed by atoms with E-state index in [0.717, 1.165) is 12.8 Å². The fourth-order valence-corrected chi connectivity index (χ4v) is 3.40. The Balaban J connectivity index is 3.18. The van der Waals surface area contributed by atoms with Gasteiger partial charge in [0.2, 0.25) is 5.91 Å². The highest BCUT2D eigenvalue weighted by Gasteiger charge is 2.07. The van der Waals surface area contributed by atoms with E-state index >= 15 is 0 Å². The minimum absolute atomic E-state index is 0.0180. The molecule has 172 valence electrons. The van der Waals surface area contributed by atoms with Gasteiger partial charge in [-0.15, -0.1) is 0 Å². The Morgan fingerprint density at radius 1 is 0.690 bits per heavy atom.